The summed E-state index contributed by atoms with van der Waals surface area (Å²) >= 11 is 0. The first-order valence-corrected chi connectivity index (χ1v) is 9.19. The van der Waals surface area contributed by atoms with Gasteiger partial charge in [0.2, 0.25) is 5.91 Å². The van der Waals surface area contributed by atoms with E-state index in [0.29, 0.717) is 12.3 Å². The Bertz CT molecular complexity index is 612. The predicted octanol–water partition coefficient (Wildman–Crippen LogP) is 1.79. The first-order chi connectivity index (χ1) is 12.2. The first kappa shape index (κ1) is 17.6. The molecule has 0 aromatic heterocycles. The number of nitrogens with one attached hydrogen (secondary N) is 1. The standard InChI is InChI=1S/C19H27N3O3/c1-20-19(24)17-13-22(15-9-5-6-10-16(15)25-17)14-18(23)21-11-7-3-2-4-8-12-21/h5-6,9-10,17H,2-4,7-8,11-14H2,1H3,(H,20,24)/t17-/m1/s1. The minimum Gasteiger partial charge on any atom is -0.477 e. The molecule has 2 aliphatic heterocycles. The molecule has 0 bridgehead atoms. The molecule has 1 saturated heterocycles. The van der Waals surface area contributed by atoms with Crippen LogP contribution < -0.4 is 15.0 Å². The number of likely N-dealkylation sites (tertiary alicyclic amines) is 1. The highest BCUT2D eigenvalue weighted by atomic mass is 16.5. The molecule has 25 heavy (non-hydrogen) atoms. The molecule has 0 spiro atoms. The van der Waals surface area contributed by atoms with Crippen LogP contribution in [0.1, 0.15) is 32.1 Å². The summed E-state index contributed by atoms with van der Waals surface area (Å²) in [5.41, 5.74) is 0.878. The second-order valence-electron chi connectivity index (χ2n) is 6.72. The second kappa shape index (κ2) is 8.23. The summed E-state index contributed by atoms with van der Waals surface area (Å²) in [5, 5.41) is 2.63. The number of likely N-dealkylation sites (N-methyl/N-ethyl adjacent to an activating group) is 1. The van der Waals surface area contributed by atoms with Crippen LogP contribution in [0.4, 0.5) is 5.69 Å². The van der Waals surface area contributed by atoms with Crippen molar-refractivity contribution < 1.29 is 14.3 Å². The van der Waals surface area contributed by atoms with Crippen LogP contribution in [-0.2, 0) is 9.59 Å². The van der Waals surface area contributed by atoms with E-state index >= 15 is 0 Å². The van der Waals surface area contributed by atoms with Crippen molar-refractivity contribution in [3.8, 4) is 5.75 Å². The number of carbonyl (C=O) groups is 2. The molecule has 2 amide bonds. The number of amides is 2. The van der Waals surface area contributed by atoms with Gasteiger partial charge in [0.1, 0.15) is 5.75 Å². The summed E-state index contributed by atoms with van der Waals surface area (Å²) in [5.74, 6) is 0.621. The van der Waals surface area contributed by atoms with Crippen molar-refractivity contribution in [1.82, 2.24) is 10.2 Å². The Balaban J connectivity index is 1.73. The van der Waals surface area contributed by atoms with Crippen molar-refractivity contribution in [3.05, 3.63) is 24.3 Å². The number of para-hydroxylation sites is 2. The average molecular weight is 345 g/mol. The maximum atomic E-state index is 12.8. The van der Waals surface area contributed by atoms with Crippen LogP contribution in [0.2, 0.25) is 0 Å². The lowest BCUT2D eigenvalue weighted by atomic mass is 10.1. The lowest BCUT2D eigenvalue weighted by Crippen LogP contribution is -2.51. The Kier molecular flexibility index (Phi) is 5.79. The highest BCUT2D eigenvalue weighted by molar-refractivity contribution is 5.86. The van der Waals surface area contributed by atoms with Crippen molar-refractivity contribution in [1.29, 1.82) is 0 Å². The Morgan fingerprint density at radius 1 is 1.12 bits per heavy atom. The van der Waals surface area contributed by atoms with Gasteiger partial charge in [-0.3, -0.25) is 9.59 Å². The third kappa shape index (κ3) is 4.24. The van der Waals surface area contributed by atoms with Gasteiger partial charge in [0.05, 0.1) is 18.8 Å². The quantitative estimate of drug-likeness (QED) is 0.907. The summed E-state index contributed by atoms with van der Waals surface area (Å²) < 4.78 is 5.80. The largest absolute Gasteiger partial charge is 0.477 e. The van der Waals surface area contributed by atoms with Gasteiger partial charge in [-0.1, -0.05) is 31.4 Å². The van der Waals surface area contributed by atoms with Gasteiger partial charge in [-0.25, -0.2) is 0 Å². The molecule has 0 radical (unpaired) electrons. The Morgan fingerprint density at radius 2 is 1.80 bits per heavy atom. The zero-order valence-corrected chi connectivity index (χ0v) is 14.9. The highest BCUT2D eigenvalue weighted by Crippen LogP contribution is 2.33. The molecular formula is C19H27N3O3. The highest BCUT2D eigenvalue weighted by Gasteiger charge is 2.31. The topological polar surface area (TPSA) is 61.9 Å². The minimum absolute atomic E-state index is 0.134. The van der Waals surface area contributed by atoms with E-state index in [0.717, 1.165) is 31.6 Å². The maximum Gasteiger partial charge on any atom is 0.262 e. The summed E-state index contributed by atoms with van der Waals surface area (Å²) in [6.45, 7) is 2.34. The molecule has 1 fully saturated rings. The van der Waals surface area contributed by atoms with E-state index in [1.165, 1.54) is 19.3 Å². The van der Waals surface area contributed by atoms with Gasteiger partial charge in [0.15, 0.2) is 6.10 Å². The number of ether oxygens (including phenoxy) is 1. The van der Waals surface area contributed by atoms with E-state index in [-0.39, 0.29) is 18.4 Å². The summed E-state index contributed by atoms with van der Waals surface area (Å²) in [4.78, 5) is 28.8. The molecule has 1 aromatic rings. The third-order valence-electron chi connectivity index (χ3n) is 4.94. The Hall–Kier alpha value is -2.24. The average Bonchev–Trinajstić information content (AvgIpc) is 2.60. The molecule has 6 nitrogen and oxygen atoms in total. The fraction of sp³-hybridized carbons (Fsp3) is 0.579. The molecule has 2 aliphatic rings. The van der Waals surface area contributed by atoms with Crippen molar-refractivity contribution in [3.63, 3.8) is 0 Å². The lowest BCUT2D eigenvalue weighted by molar-refractivity contribution is -0.131. The van der Waals surface area contributed by atoms with Crippen molar-refractivity contribution >= 4 is 17.5 Å². The van der Waals surface area contributed by atoms with E-state index in [9.17, 15) is 9.59 Å². The van der Waals surface area contributed by atoms with Gasteiger partial charge in [-0.15, -0.1) is 0 Å². The number of nitrogens with zero attached hydrogens (tertiary/aromatic N) is 2. The minimum atomic E-state index is -0.597. The van der Waals surface area contributed by atoms with Gasteiger partial charge < -0.3 is 19.9 Å². The van der Waals surface area contributed by atoms with Gasteiger partial charge in [0.25, 0.3) is 5.91 Å². The van der Waals surface area contributed by atoms with E-state index in [1.807, 2.05) is 34.1 Å². The number of fused-ring (bicyclic) bond motifs is 1. The van der Waals surface area contributed by atoms with Crippen LogP contribution in [0.5, 0.6) is 5.75 Å². The molecule has 6 heteroatoms. The van der Waals surface area contributed by atoms with Crippen LogP contribution in [-0.4, -0.2) is 56.0 Å². The molecule has 0 aliphatic carbocycles. The fourth-order valence-electron chi connectivity index (χ4n) is 3.51. The maximum absolute atomic E-state index is 12.8. The van der Waals surface area contributed by atoms with Crippen molar-refractivity contribution in [2.45, 2.75) is 38.2 Å². The van der Waals surface area contributed by atoms with Crippen LogP contribution in [0.3, 0.4) is 0 Å². The van der Waals surface area contributed by atoms with Crippen LogP contribution >= 0.6 is 0 Å². The Labute approximate surface area is 149 Å². The molecule has 1 N–H and O–H groups in total. The van der Waals surface area contributed by atoms with E-state index < -0.39 is 6.10 Å². The number of anilines is 1. The lowest BCUT2D eigenvalue weighted by Gasteiger charge is -2.36. The monoisotopic (exact) mass is 345 g/mol. The molecular weight excluding hydrogens is 318 g/mol. The van der Waals surface area contributed by atoms with Crippen molar-refractivity contribution in [2.75, 3.05) is 38.1 Å². The van der Waals surface area contributed by atoms with E-state index in [2.05, 4.69) is 5.32 Å². The molecule has 3 rings (SSSR count). The summed E-state index contributed by atoms with van der Waals surface area (Å²) in [6, 6.07) is 7.59. The van der Waals surface area contributed by atoms with Gasteiger partial charge in [0, 0.05) is 20.1 Å². The SMILES string of the molecule is CNC(=O)[C@H]1CN(CC(=O)N2CCCCCCC2)c2ccccc2O1. The van der Waals surface area contributed by atoms with E-state index in [1.54, 1.807) is 7.05 Å². The molecule has 136 valence electrons. The smallest absolute Gasteiger partial charge is 0.262 e. The second-order valence-corrected chi connectivity index (χ2v) is 6.72. The zero-order valence-electron chi connectivity index (χ0n) is 14.9. The predicted molar refractivity (Wildman–Crippen MR) is 96.8 cm³/mol. The normalized spacial score (nSPS) is 20.8. The van der Waals surface area contributed by atoms with Crippen molar-refractivity contribution in [2.24, 2.45) is 0 Å². The molecule has 0 unspecified atom stereocenters. The first-order valence-electron chi connectivity index (χ1n) is 9.19. The fourth-order valence-corrected chi connectivity index (χ4v) is 3.51. The number of carbonyl (C=O) groups excluding carboxylic acids is 2. The van der Waals surface area contributed by atoms with Gasteiger partial charge in [-0.05, 0) is 25.0 Å². The Morgan fingerprint density at radius 3 is 2.52 bits per heavy atom. The molecule has 2 heterocycles. The zero-order chi connectivity index (χ0) is 17.6. The third-order valence-corrected chi connectivity index (χ3v) is 4.94. The number of hydrogen-bond donors (Lipinski definition) is 1. The van der Waals surface area contributed by atoms with Crippen LogP contribution in [0, 0.1) is 0 Å². The number of hydrogen-bond acceptors (Lipinski definition) is 4. The molecule has 1 atom stereocenters. The van der Waals surface area contributed by atoms with E-state index in [4.69, 9.17) is 4.74 Å². The summed E-state index contributed by atoms with van der Waals surface area (Å²) in [7, 11) is 1.60. The van der Waals surface area contributed by atoms with Crippen LogP contribution in [0.15, 0.2) is 24.3 Å². The van der Waals surface area contributed by atoms with Gasteiger partial charge >= 0.3 is 0 Å². The number of rotatable bonds is 3. The summed E-state index contributed by atoms with van der Waals surface area (Å²) in [6.07, 6.45) is 5.22. The number of benzene rings is 1. The van der Waals surface area contributed by atoms with Crippen LogP contribution in [0.25, 0.3) is 0 Å². The molecule has 1 aromatic carbocycles. The van der Waals surface area contributed by atoms with Gasteiger partial charge in [-0.2, -0.15) is 0 Å². The molecule has 0 saturated carbocycles.